The van der Waals surface area contributed by atoms with Crippen LogP contribution in [-0.2, 0) is 28.8 Å². The van der Waals surface area contributed by atoms with Crippen LogP contribution in [0.3, 0.4) is 0 Å². The van der Waals surface area contributed by atoms with Crippen LogP contribution in [0.15, 0.2) is 18.2 Å². The molecule has 1 aromatic rings. The second kappa shape index (κ2) is 4.52. The van der Waals surface area contributed by atoms with E-state index in [0.717, 1.165) is 12.0 Å². The Morgan fingerprint density at radius 2 is 1.94 bits per heavy atom. The number of ether oxygens (including phenoxy) is 1. The van der Waals surface area contributed by atoms with Gasteiger partial charge in [0.15, 0.2) is 0 Å². The van der Waals surface area contributed by atoms with Crippen molar-refractivity contribution < 1.29 is 9.53 Å². The summed E-state index contributed by atoms with van der Waals surface area (Å²) >= 11 is 0. The number of rotatable bonds is 2. The highest BCUT2D eigenvalue weighted by Crippen LogP contribution is 2.23. The van der Waals surface area contributed by atoms with Crippen LogP contribution in [0.5, 0.6) is 0 Å². The maximum Gasteiger partial charge on any atom is 0.310 e. The molecule has 0 N–H and O–H groups in total. The van der Waals surface area contributed by atoms with Gasteiger partial charge in [0, 0.05) is 0 Å². The molecular formula is C15H20O2. The molecule has 0 saturated carbocycles. The van der Waals surface area contributed by atoms with E-state index < -0.39 is 5.60 Å². The van der Waals surface area contributed by atoms with Crippen molar-refractivity contribution in [3.8, 4) is 0 Å². The number of aryl methyl sites for hydroxylation is 2. The molecule has 0 unspecified atom stereocenters. The molecule has 0 fully saturated rings. The average molecular weight is 232 g/mol. The van der Waals surface area contributed by atoms with E-state index in [1.807, 2.05) is 26.8 Å². The van der Waals surface area contributed by atoms with Crippen molar-refractivity contribution in [3.05, 3.63) is 34.9 Å². The molecule has 0 aliphatic heterocycles. The van der Waals surface area contributed by atoms with Crippen LogP contribution < -0.4 is 0 Å². The Morgan fingerprint density at radius 1 is 1.24 bits per heavy atom. The van der Waals surface area contributed by atoms with E-state index in [9.17, 15) is 4.79 Å². The third kappa shape index (κ3) is 3.32. The van der Waals surface area contributed by atoms with Gasteiger partial charge in [-0.3, -0.25) is 4.79 Å². The van der Waals surface area contributed by atoms with Crippen LogP contribution >= 0.6 is 0 Å². The van der Waals surface area contributed by atoms with E-state index in [1.54, 1.807) is 0 Å². The molecule has 0 atom stereocenters. The topological polar surface area (TPSA) is 26.3 Å². The highest BCUT2D eigenvalue weighted by molar-refractivity contribution is 5.73. The Morgan fingerprint density at radius 3 is 2.65 bits per heavy atom. The minimum absolute atomic E-state index is 0.143. The fraction of sp³-hybridized carbons (Fsp3) is 0.533. The van der Waals surface area contributed by atoms with Crippen LogP contribution in [0.2, 0.25) is 0 Å². The van der Waals surface area contributed by atoms with Gasteiger partial charge in [0.05, 0.1) is 6.42 Å². The van der Waals surface area contributed by atoms with Crippen molar-refractivity contribution >= 4 is 5.97 Å². The SMILES string of the molecule is CC(C)(C)OC(=O)Cc1ccc2c(c1)CCC2. The summed E-state index contributed by atoms with van der Waals surface area (Å²) in [6, 6.07) is 6.36. The zero-order chi connectivity index (χ0) is 12.5. The number of hydrogen-bond acceptors (Lipinski definition) is 2. The van der Waals surface area contributed by atoms with Crippen LogP contribution in [0, 0.1) is 0 Å². The predicted octanol–water partition coefficient (Wildman–Crippen LogP) is 3.06. The fourth-order valence-electron chi connectivity index (χ4n) is 2.28. The molecule has 0 aromatic heterocycles. The lowest BCUT2D eigenvalue weighted by molar-refractivity contribution is -0.153. The van der Waals surface area contributed by atoms with E-state index in [4.69, 9.17) is 4.74 Å². The smallest absolute Gasteiger partial charge is 0.310 e. The van der Waals surface area contributed by atoms with Gasteiger partial charge in [-0.15, -0.1) is 0 Å². The summed E-state index contributed by atoms with van der Waals surface area (Å²) in [4.78, 5) is 11.7. The van der Waals surface area contributed by atoms with Gasteiger partial charge in [-0.05, 0) is 56.7 Å². The van der Waals surface area contributed by atoms with E-state index >= 15 is 0 Å². The molecule has 0 bridgehead atoms. The quantitative estimate of drug-likeness (QED) is 0.732. The van der Waals surface area contributed by atoms with Gasteiger partial charge >= 0.3 is 5.97 Å². The lowest BCUT2D eigenvalue weighted by Crippen LogP contribution is -2.24. The van der Waals surface area contributed by atoms with Gasteiger partial charge in [0.25, 0.3) is 0 Å². The minimum Gasteiger partial charge on any atom is -0.460 e. The van der Waals surface area contributed by atoms with E-state index in [1.165, 1.54) is 24.0 Å². The summed E-state index contributed by atoms with van der Waals surface area (Å²) in [5.74, 6) is -0.143. The monoisotopic (exact) mass is 232 g/mol. The standard InChI is InChI=1S/C15H20O2/c1-15(2,3)17-14(16)10-11-7-8-12-5-4-6-13(12)9-11/h7-9H,4-6,10H2,1-3H3. The van der Waals surface area contributed by atoms with Gasteiger partial charge in [0.2, 0.25) is 0 Å². The molecule has 0 spiro atoms. The first-order valence-corrected chi connectivity index (χ1v) is 6.26. The Balaban J connectivity index is 2.02. The predicted molar refractivity (Wildman–Crippen MR) is 68.0 cm³/mol. The second-order valence-corrected chi connectivity index (χ2v) is 5.72. The van der Waals surface area contributed by atoms with Crippen molar-refractivity contribution in [2.24, 2.45) is 0 Å². The third-order valence-corrected chi connectivity index (χ3v) is 2.93. The first kappa shape index (κ1) is 12.2. The normalized spacial score (nSPS) is 14.5. The second-order valence-electron chi connectivity index (χ2n) is 5.72. The number of benzene rings is 1. The first-order chi connectivity index (χ1) is 7.94. The van der Waals surface area contributed by atoms with Gasteiger partial charge < -0.3 is 4.74 Å². The maximum absolute atomic E-state index is 11.7. The molecule has 1 aliphatic carbocycles. The number of esters is 1. The molecule has 2 rings (SSSR count). The summed E-state index contributed by atoms with van der Waals surface area (Å²) < 4.78 is 5.32. The van der Waals surface area contributed by atoms with E-state index in [-0.39, 0.29) is 5.97 Å². The Kier molecular flexibility index (Phi) is 3.23. The first-order valence-electron chi connectivity index (χ1n) is 6.26. The molecule has 0 saturated heterocycles. The van der Waals surface area contributed by atoms with Crippen molar-refractivity contribution in [1.29, 1.82) is 0 Å². The van der Waals surface area contributed by atoms with Crippen molar-refractivity contribution in [2.45, 2.75) is 52.1 Å². The van der Waals surface area contributed by atoms with E-state index in [0.29, 0.717) is 6.42 Å². The molecular weight excluding hydrogens is 212 g/mol. The lowest BCUT2D eigenvalue weighted by atomic mass is 10.0. The zero-order valence-electron chi connectivity index (χ0n) is 10.9. The van der Waals surface area contributed by atoms with Gasteiger partial charge in [0.1, 0.15) is 5.60 Å². The van der Waals surface area contributed by atoms with Crippen LogP contribution in [0.4, 0.5) is 0 Å². The summed E-state index contributed by atoms with van der Waals surface area (Å²) in [5.41, 5.74) is 3.53. The van der Waals surface area contributed by atoms with E-state index in [2.05, 4.69) is 12.1 Å². The van der Waals surface area contributed by atoms with Crippen LogP contribution in [0.25, 0.3) is 0 Å². The third-order valence-electron chi connectivity index (χ3n) is 2.93. The van der Waals surface area contributed by atoms with Gasteiger partial charge in [-0.25, -0.2) is 0 Å². The highest BCUT2D eigenvalue weighted by atomic mass is 16.6. The molecule has 2 nitrogen and oxygen atoms in total. The minimum atomic E-state index is -0.395. The Hall–Kier alpha value is -1.31. The average Bonchev–Trinajstić information content (AvgIpc) is 2.61. The van der Waals surface area contributed by atoms with Gasteiger partial charge in [-0.1, -0.05) is 18.2 Å². The lowest BCUT2D eigenvalue weighted by Gasteiger charge is -2.19. The number of carbonyl (C=O) groups excluding carboxylic acids is 1. The number of hydrogen-bond donors (Lipinski definition) is 0. The van der Waals surface area contributed by atoms with Crippen molar-refractivity contribution in [3.63, 3.8) is 0 Å². The zero-order valence-corrected chi connectivity index (χ0v) is 10.9. The molecule has 17 heavy (non-hydrogen) atoms. The molecule has 1 aromatic carbocycles. The molecule has 0 heterocycles. The maximum atomic E-state index is 11.7. The Labute approximate surface area is 103 Å². The molecule has 92 valence electrons. The van der Waals surface area contributed by atoms with Crippen molar-refractivity contribution in [1.82, 2.24) is 0 Å². The summed E-state index contributed by atoms with van der Waals surface area (Å²) in [7, 11) is 0. The molecule has 1 aliphatic rings. The number of carbonyl (C=O) groups is 1. The fourth-order valence-corrected chi connectivity index (χ4v) is 2.28. The van der Waals surface area contributed by atoms with Crippen molar-refractivity contribution in [2.75, 3.05) is 0 Å². The summed E-state index contributed by atoms with van der Waals surface area (Å²) in [5, 5.41) is 0. The molecule has 0 amide bonds. The Bertz CT molecular complexity index is 427. The number of fused-ring (bicyclic) bond motifs is 1. The largest absolute Gasteiger partial charge is 0.460 e. The van der Waals surface area contributed by atoms with Crippen LogP contribution in [0.1, 0.15) is 43.9 Å². The highest BCUT2D eigenvalue weighted by Gasteiger charge is 2.17. The summed E-state index contributed by atoms with van der Waals surface area (Å²) in [6.07, 6.45) is 3.95. The summed E-state index contributed by atoms with van der Waals surface area (Å²) in [6.45, 7) is 5.69. The molecule has 0 radical (unpaired) electrons. The van der Waals surface area contributed by atoms with Gasteiger partial charge in [-0.2, -0.15) is 0 Å². The molecule has 2 heteroatoms. The van der Waals surface area contributed by atoms with Crippen LogP contribution in [-0.4, -0.2) is 11.6 Å².